The molecule has 0 radical (unpaired) electrons. The van der Waals surface area contributed by atoms with Gasteiger partial charge in [0.25, 0.3) is 10.0 Å². The van der Waals surface area contributed by atoms with Crippen LogP contribution in [0.1, 0.15) is 0 Å². The number of hydrogen-bond donors (Lipinski definition) is 2. The molecule has 1 aromatic carbocycles. The molecule has 3 N–H and O–H groups in total. The third-order valence-electron chi connectivity index (χ3n) is 2.52. The second kappa shape index (κ2) is 5.30. The zero-order valence-electron chi connectivity index (χ0n) is 10.7. The molecule has 0 aliphatic heterocycles. The number of imidazole rings is 1. The molecule has 2 rings (SSSR count). The summed E-state index contributed by atoms with van der Waals surface area (Å²) in [4.78, 5) is 3.58. The molecule has 11 heteroatoms. The van der Waals surface area contributed by atoms with Gasteiger partial charge < -0.3 is 4.57 Å². The SMILES string of the molecule is Cn1cnc(S(=O)(=O)Nc2ccc(S(N)(=O)=O)cc2)c1Cl. The first-order valence-corrected chi connectivity index (χ1v) is 8.84. The van der Waals surface area contributed by atoms with Gasteiger partial charge in [0, 0.05) is 12.7 Å². The van der Waals surface area contributed by atoms with E-state index in [1.165, 1.54) is 35.2 Å². The van der Waals surface area contributed by atoms with E-state index in [1.54, 1.807) is 7.05 Å². The van der Waals surface area contributed by atoms with Crippen molar-refractivity contribution in [1.29, 1.82) is 0 Å². The molecule has 0 bridgehead atoms. The molecule has 0 atom stereocenters. The van der Waals surface area contributed by atoms with Gasteiger partial charge in [-0.1, -0.05) is 11.6 Å². The summed E-state index contributed by atoms with van der Waals surface area (Å²) in [7, 11) is -6.25. The molecule has 0 aliphatic rings. The van der Waals surface area contributed by atoms with Crippen LogP contribution in [0.2, 0.25) is 5.15 Å². The number of nitrogens with zero attached hydrogens (tertiary/aromatic N) is 2. The summed E-state index contributed by atoms with van der Waals surface area (Å²) in [5.41, 5.74) is 0.157. The van der Waals surface area contributed by atoms with Crippen molar-refractivity contribution in [3.05, 3.63) is 35.7 Å². The van der Waals surface area contributed by atoms with Gasteiger partial charge in [-0.05, 0) is 24.3 Å². The molecule has 0 saturated heterocycles. The number of anilines is 1. The lowest BCUT2D eigenvalue weighted by Gasteiger charge is -2.07. The lowest BCUT2D eigenvalue weighted by atomic mass is 10.3. The number of nitrogens with one attached hydrogen (secondary N) is 1. The second-order valence-electron chi connectivity index (χ2n) is 4.13. The maximum Gasteiger partial charge on any atom is 0.282 e. The van der Waals surface area contributed by atoms with Crippen LogP contribution in [-0.2, 0) is 27.1 Å². The van der Waals surface area contributed by atoms with Crippen LogP contribution in [0.3, 0.4) is 0 Å². The van der Waals surface area contributed by atoms with Crippen molar-refractivity contribution < 1.29 is 16.8 Å². The number of primary sulfonamides is 1. The first-order chi connectivity index (χ1) is 9.61. The summed E-state index contributed by atoms with van der Waals surface area (Å²) in [5, 5.41) is 4.60. The normalized spacial score (nSPS) is 12.3. The highest BCUT2D eigenvalue weighted by Crippen LogP contribution is 2.22. The fourth-order valence-corrected chi connectivity index (χ4v) is 3.50. The number of rotatable bonds is 4. The third-order valence-corrected chi connectivity index (χ3v) is 5.32. The van der Waals surface area contributed by atoms with Crippen molar-refractivity contribution in [3.8, 4) is 0 Å². The van der Waals surface area contributed by atoms with Crippen molar-refractivity contribution in [1.82, 2.24) is 9.55 Å². The number of sulfonamides is 2. The van der Waals surface area contributed by atoms with Crippen LogP contribution in [0.4, 0.5) is 5.69 Å². The van der Waals surface area contributed by atoms with E-state index in [2.05, 4.69) is 9.71 Å². The van der Waals surface area contributed by atoms with E-state index in [1.807, 2.05) is 0 Å². The molecule has 1 heterocycles. The molecule has 0 aliphatic carbocycles. The molecule has 0 fully saturated rings. The lowest BCUT2D eigenvalue weighted by molar-refractivity contribution is 0.596. The molecule has 0 unspecified atom stereocenters. The van der Waals surface area contributed by atoms with Crippen LogP contribution in [0, 0.1) is 0 Å². The lowest BCUT2D eigenvalue weighted by Crippen LogP contribution is -2.15. The Morgan fingerprint density at radius 2 is 1.76 bits per heavy atom. The van der Waals surface area contributed by atoms with E-state index < -0.39 is 20.0 Å². The largest absolute Gasteiger partial charge is 0.324 e. The summed E-state index contributed by atoms with van der Waals surface area (Å²) in [6.07, 6.45) is 1.26. The van der Waals surface area contributed by atoms with Crippen LogP contribution in [0.15, 0.2) is 40.5 Å². The predicted molar refractivity (Wildman–Crippen MR) is 76.8 cm³/mol. The number of aryl methyl sites for hydroxylation is 1. The molecule has 0 saturated carbocycles. The van der Waals surface area contributed by atoms with Crippen LogP contribution in [-0.4, -0.2) is 26.4 Å². The Bertz CT molecular complexity index is 872. The van der Waals surface area contributed by atoms with Crippen molar-refractivity contribution in [2.75, 3.05) is 4.72 Å². The van der Waals surface area contributed by atoms with Gasteiger partial charge in [0.1, 0.15) is 5.15 Å². The van der Waals surface area contributed by atoms with Gasteiger partial charge in [-0.2, -0.15) is 8.42 Å². The molecule has 0 spiro atoms. The van der Waals surface area contributed by atoms with Crippen molar-refractivity contribution in [3.63, 3.8) is 0 Å². The molecule has 1 aromatic heterocycles. The second-order valence-corrected chi connectivity index (χ2v) is 7.64. The average Bonchev–Trinajstić information content (AvgIpc) is 2.69. The Balaban J connectivity index is 2.31. The predicted octanol–water partition coefficient (Wildman–Crippen LogP) is 0.522. The number of nitrogens with two attached hydrogens (primary N) is 1. The molecule has 114 valence electrons. The Morgan fingerprint density at radius 3 is 2.19 bits per heavy atom. The van der Waals surface area contributed by atoms with Crippen molar-refractivity contribution >= 4 is 37.3 Å². The van der Waals surface area contributed by atoms with Crippen LogP contribution >= 0.6 is 11.6 Å². The van der Waals surface area contributed by atoms with Crippen LogP contribution in [0.5, 0.6) is 0 Å². The van der Waals surface area contributed by atoms with Gasteiger partial charge in [0.2, 0.25) is 15.0 Å². The van der Waals surface area contributed by atoms with E-state index in [0.29, 0.717) is 0 Å². The van der Waals surface area contributed by atoms with Crippen molar-refractivity contribution in [2.45, 2.75) is 9.92 Å². The van der Waals surface area contributed by atoms with Crippen LogP contribution < -0.4 is 9.86 Å². The Kier molecular flexibility index (Phi) is 3.97. The molecule has 8 nitrogen and oxygen atoms in total. The highest BCUT2D eigenvalue weighted by atomic mass is 35.5. The maximum absolute atomic E-state index is 12.1. The average molecular weight is 351 g/mol. The summed E-state index contributed by atoms with van der Waals surface area (Å²) in [6.45, 7) is 0. The molecular weight excluding hydrogens is 340 g/mol. The Labute approximate surface area is 126 Å². The van der Waals surface area contributed by atoms with Gasteiger partial charge in [-0.25, -0.2) is 18.5 Å². The zero-order chi connectivity index (χ0) is 15.8. The number of benzene rings is 1. The highest BCUT2D eigenvalue weighted by Gasteiger charge is 2.22. The Morgan fingerprint density at radius 1 is 1.19 bits per heavy atom. The van der Waals surface area contributed by atoms with Crippen molar-refractivity contribution in [2.24, 2.45) is 12.2 Å². The van der Waals surface area contributed by atoms with Gasteiger partial charge >= 0.3 is 0 Å². The number of aromatic nitrogens is 2. The first-order valence-electron chi connectivity index (χ1n) is 5.44. The standard InChI is InChI=1S/C10H11ClN4O4S2/c1-15-6-13-10(9(15)11)21(18,19)14-7-2-4-8(5-3-7)20(12,16)17/h2-6,14H,1H3,(H2,12,16,17). The topological polar surface area (TPSA) is 124 Å². The molecule has 21 heavy (non-hydrogen) atoms. The number of hydrogen-bond acceptors (Lipinski definition) is 5. The zero-order valence-corrected chi connectivity index (χ0v) is 13.1. The van der Waals surface area contributed by atoms with Gasteiger partial charge in [0.15, 0.2) is 0 Å². The summed E-state index contributed by atoms with van der Waals surface area (Å²) in [5.74, 6) is 0. The minimum atomic E-state index is -3.97. The van der Waals surface area contributed by atoms with E-state index in [-0.39, 0.29) is 20.8 Å². The quantitative estimate of drug-likeness (QED) is 0.831. The minimum absolute atomic E-state index is 0.0383. The maximum atomic E-state index is 12.1. The van der Waals surface area contributed by atoms with Gasteiger partial charge in [-0.15, -0.1) is 0 Å². The minimum Gasteiger partial charge on any atom is -0.324 e. The van der Waals surface area contributed by atoms with E-state index in [0.717, 1.165) is 0 Å². The third kappa shape index (κ3) is 3.35. The van der Waals surface area contributed by atoms with E-state index in [4.69, 9.17) is 16.7 Å². The monoisotopic (exact) mass is 350 g/mol. The Hall–Kier alpha value is -1.62. The smallest absolute Gasteiger partial charge is 0.282 e. The summed E-state index contributed by atoms with van der Waals surface area (Å²) < 4.78 is 50.0. The first kappa shape index (κ1) is 15.8. The molecule has 2 aromatic rings. The fourth-order valence-electron chi connectivity index (χ4n) is 1.49. The number of halogens is 1. The van der Waals surface area contributed by atoms with E-state index >= 15 is 0 Å². The molecular formula is C10H11ClN4O4S2. The summed E-state index contributed by atoms with van der Waals surface area (Å²) in [6, 6.07) is 4.92. The van der Waals surface area contributed by atoms with Crippen LogP contribution in [0.25, 0.3) is 0 Å². The molecule has 0 amide bonds. The van der Waals surface area contributed by atoms with E-state index in [9.17, 15) is 16.8 Å². The summed E-state index contributed by atoms with van der Waals surface area (Å²) >= 11 is 5.83. The highest BCUT2D eigenvalue weighted by molar-refractivity contribution is 7.92. The fraction of sp³-hybridized carbons (Fsp3) is 0.100. The van der Waals surface area contributed by atoms with Gasteiger partial charge in [-0.3, -0.25) is 4.72 Å². The van der Waals surface area contributed by atoms with Gasteiger partial charge in [0.05, 0.1) is 11.2 Å².